The van der Waals surface area contributed by atoms with Gasteiger partial charge in [-0.3, -0.25) is 9.80 Å². The summed E-state index contributed by atoms with van der Waals surface area (Å²) in [5.41, 5.74) is 2.61. The Balaban J connectivity index is 1.99. The van der Waals surface area contributed by atoms with Gasteiger partial charge in [0, 0.05) is 36.2 Å². The molecule has 2 aromatic carbocycles. The summed E-state index contributed by atoms with van der Waals surface area (Å²) < 4.78 is 7.80. The summed E-state index contributed by atoms with van der Waals surface area (Å²) >= 11 is 3.61. The van der Waals surface area contributed by atoms with Crippen LogP contribution in [-0.2, 0) is 0 Å². The van der Waals surface area contributed by atoms with Gasteiger partial charge < -0.3 is 4.43 Å². The van der Waals surface area contributed by atoms with E-state index in [9.17, 15) is 0 Å². The van der Waals surface area contributed by atoms with Crippen molar-refractivity contribution >= 4 is 24.2 Å². The Hall–Kier alpha value is -1.40. The molecule has 2 aromatic rings. The average molecular weight is 530 g/mol. The van der Waals surface area contributed by atoms with E-state index in [1.807, 2.05) is 6.08 Å². The van der Waals surface area contributed by atoms with Crippen LogP contribution in [0, 0.1) is 0 Å². The number of hydrogen-bond acceptors (Lipinski definition) is 3. The first-order valence-corrected chi connectivity index (χ1v) is 15.8. The molecular weight excluding hydrogens is 488 g/mol. The summed E-state index contributed by atoms with van der Waals surface area (Å²) in [6.07, 6.45) is 2.02. The molecule has 1 heterocycles. The molecule has 1 aliphatic heterocycles. The van der Waals surface area contributed by atoms with Crippen molar-refractivity contribution in [1.29, 1.82) is 0 Å². The summed E-state index contributed by atoms with van der Waals surface area (Å²) in [5.74, 6) is 0.993. The van der Waals surface area contributed by atoms with Crippen LogP contribution in [0.4, 0.5) is 0 Å². The van der Waals surface area contributed by atoms with E-state index >= 15 is 0 Å². The van der Waals surface area contributed by atoms with E-state index in [1.54, 1.807) is 0 Å². The zero-order valence-electron chi connectivity index (χ0n) is 21.4. The third-order valence-corrected chi connectivity index (χ3v) is 12.3. The van der Waals surface area contributed by atoms with Crippen LogP contribution in [0.3, 0.4) is 0 Å². The maximum Gasteiger partial charge on any atom is 0.250 e. The van der Waals surface area contributed by atoms with E-state index in [-0.39, 0.29) is 11.1 Å². The summed E-state index contributed by atoms with van der Waals surface area (Å²) in [6.45, 7) is 23.1. The molecule has 0 bridgehead atoms. The van der Waals surface area contributed by atoms with Crippen LogP contribution >= 0.6 is 15.9 Å². The largest absolute Gasteiger partial charge is 0.543 e. The van der Waals surface area contributed by atoms with E-state index in [1.165, 1.54) is 11.1 Å². The topological polar surface area (TPSA) is 15.7 Å². The molecule has 3 rings (SSSR count). The number of hydrogen-bond donors (Lipinski definition) is 0. The summed E-state index contributed by atoms with van der Waals surface area (Å²) in [6, 6.07) is 18.7. The highest BCUT2D eigenvalue weighted by atomic mass is 79.9. The Labute approximate surface area is 211 Å². The molecule has 1 saturated heterocycles. The van der Waals surface area contributed by atoms with Crippen molar-refractivity contribution in [3.8, 4) is 5.75 Å². The first-order chi connectivity index (χ1) is 15.4. The highest BCUT2D eigenvalue weighted by molar-refractivity contribution is 9.10. The molecule has 0 spiro atoms. The maximum absolute atomic E-state index is 6.69. The number of rotatable bonds is 7. The van der Waals surface area contributed by atoms with Gasteiger partial charge in [0.05, 0.1) is 6.04 Å². The van der Waals surface area contributed by atoms with Gasteiger partial charge in [-0.05, 0) is 67.4 Å². The minimum absolute atomic E-state index is 0.166. The molecule has 0 saturated carbocycles. The molecule has 33 heavy (non-hydrogen) atoms. The SMILES string of the molecule is C=CCN1C[C@@H](C)N(C(c2ccc(Br)cc2)c2cccc(O[Si](C)(C)C(C)(C)C)c2)C[C@@H]1C. The second-order valence-corrected chi connectivity index (χ2v) is 16.7. The number of piperazine rings is 1. The average Bonchev–Trinajstić information content (AvgIpc) is 2.72. The Kier molecular flexibility index (Phi) is 8.31. The van der Waals surface area contributed by atoms with Crippen molar-refractivity contribution in [3.05, 3.63) is 76.8 Å². The zero-order valence-corrected chi connectivity index (χ0v) is 24.0. The van der Waals surface area contributed by atoms with E-state index in [0.717, 1.165) is 29.9 Å². The lowest BCUT2D eigenvalue weighted by atomic mass is 9.93. The Morgan fingerprint density at radius 2 is 1.73 bits per heavy atom. The van der Waals surface area contributed by atoms with Crippen molar-refractivity contribution in [1.82, 2.24) is 9.80 Å². The van der Waals surface area contributed by atoms with Crippen LogP contribution in [0.5, 0.6) is 5.75 Å². The Morgan fingerprint density at radius 1 is 1.06 bits per heavy atom. The minimum atomic E-state index is -1.91. The molecule has 0 radical (unpaired) electrons. The lowest BCUT2D eigenvalue weighted by molar-refractivity contribution is 0.0306. The molecule has 0 N–H and O–H groups in total. The second kappa shape index (κ2) is 10.5. The molecule has 0 aromatic heterocycles. The monoisotopic (exact) mass is 528 g/mol. The van der Waals surface area contributed by atoms with Crippen molar-refractivity contribution < 1.29 is 4.43 Å². The molecule has 1 unspecified atom stereocenters. The molecule has 1 aliphatic rings. The van der Waals surface area contributed by atoms with Crippen LogP contribution in [0.1, 0.15) is 51.8 Å². The van der Waals surface area contributed by atoms with Crippen LogP contribution in [0.15, 0.2) is 65.7 Å². The smallest absolute Gasteiger partial charge is 0.250 e. The van der Waals surface area contributed by atoms with Crippen LogP contribution < -0.4 is 4.43 Å². The molecule has 1 fully saturated rings. The van der Waals surface area contributed by atoms with Crippen LogP contribution in [0.25, 0.3) is 0 Å². The summed E-state index contributed by atoms with van der Waals surface area (Å²) in [4.78, 5) is 5.20. The zero-order chi connectivity index (χ0) is 24.4. The fraction of sp³-hybridized carbons (Fsp3) is 0.500. The highest BCUT2D eigenvalue weighted by Crippen LogP contribution is 2.39. The van der Waals surface area contributed by atoms with Crippen LogP contribution in [0.2, 0.25) is 18.1 Å². The Morgan fingerprint density at radius 3 is 2.33 bits per heavy atom. The molecular formula is C28H41BrN2OSi. The van der Waals surface area contributed by atoms with Crippen LogP contribution in [-0.4, -0.2) is 49.8 Å². The van der Waals surface area contributed by atoms with E-state index in [0.29, 0.717) is 12.1 Å². The predicted molar refractivity (Wildman–Crippen MR) is 148 cm³/mol. The number of benzene rings is 2. The van der Waals surface area contributed by atoms with Gasteiger partial charge in [0.2, 0.25) is 8.32 Å². The number of nitrogens with zero attached hydrogens (tertiary/aromatic N) is 2. The highest BCUT2D eigenvalue weighted by Gasteiger charge is 2.39. The quantitative estimate of drug-likeness (QED) is 0.273. The van der Waals surface area contributed by atoms with Crippen molar-refractivity contribution in [2.24, 2.45) is 0 Å². The molecule has 0 amide bonds. The van der Waals surface area contributed by atoms with Gasteiger partial charge in [0.15, 0.2) is 0 Å². The lowest BCUT2D eigenvalue weighted by Gasteiger charge is -2.47. The fourth-order valence-corrected chi connectivity index (χ4v) is 5.71. The lowest BCUT2D eigenvalue weighted by Crippen LogP contribution is -2.57. The van der Waals surface area contributed by atoms with E-state index < -0.39 is 8.32 Å². The van der Waals surface area contributed by atoms with Crippen molar-refractivity contribution in [2.45, 2.75) is 70.9 Å². The Bertz CT molecular complexity index is 938. The van der Waals surface area contributed by atoms with E-state index in [4.69, 9.17) is 4.43 Å². The van der Waals surface area contributed by atoms with Gasteiger partial charge in [-0.25, -0.2) is 0 Å². The maximum atomic E-state index is 6.69. The van der Waals surface area contributed by atoms with Gasteiger partial charge in [-0.15, -0.1) is 6.58 Å². The summed E-state index contributed by atoms with van der Waals surface area (Å²) in [5, 5.41) is 0.166. The minimum Gasteiger partial charge on any atom is -0.543 e. The van der Waals surface area contributed by atoms with Gasteiger partial charge >= 0.3 is 0 Å². The number of halogens is 1. The second-order valence-electron chi connectivity index (χ2n) is 11.0. The molecule has 180 valence electrons. The van der Waals surface area contributed by atoms with Crippen molar-refractivity contribution in [2.75, 3.05) is 19.6 Å². The van der Waals surface area contributed by atoms with Gasteiger partial charge in [-0.1, -0.05) is 67.0 Å². The normalized spacial score (nSPS) is 21.6. The van der Waals surface area contributed by atoms with E-state index in [2.05, 4.69) is 129 Å². The van der Waals surface area contributed by atoms with Gasteiger partial charge in [0.25, 0.3) is 0 Å². The molecule has 5 heteroatoms. The third-order valence-electron chi connectivity index (χ3n) is 7.40. The first kappa shape index (κ1) is 26.2. The first-order valence-electron chi connectivity index (χ1n) is 12.1. The fourth-order valence-electron chi connectivity index (χ4n) is 4.42. The van der Waals surface area contributed by atoms with Crippen molar-refractivity contribution in [3.63, 3.8) is 0 Å². The standard InChI is InChI=1S/C28H41BrN2OSi/c1-9-17-30-19-22(3)31(20-21(30)2)27(23-13-15-25(29)16-14-23)24-11-10-12-26(18-24)32-33(7,8)28(4,5)6/h9-16,18,21-22,27H,1,17,19-20H2,2-8H3/t21-,22+,27?/m0/s1. The van der Waals surface area contributed by atoms with Gasteiger partial charge in [0.1, 0.15) is 5.75 Å². The molecule has 3 atom stereocenters. The molecule has 3 nitrogen and oxygen atoms in total. The molecule has 0 aliphatic carbocycles. The van der Waals surface area contributed by atoms with Gasteiger partial charge in [-0.2, -0.15) is 0 Å². The predicted octanol–water partition coefficient (Wildman–Crippen LogP) is 7.50. The third kappa shape index (κ3) is 6.19. The summed E-state index contributed by atoms with van der Waals surface area (Å²) in [7, 11) is -1.91.